The fourth-order valence-electron chi connectivity index (χ4n) is 3.11. The van der Waals surface area contributed by atoms with E-state index in [2.05, 4.69) is 32.8 Å². The van der Waals surface area contributed by atoms with E-state index in [0.29, 0.717) is 12.8 Å². The van der Waals surface area contributed by atoms with Crippen LogP contribution in [0.1, 0.15) is 29.7 Å². The Morgan fingerprint density at radius 2 is 2.07 bits per heavy atom. The summed E-state index contributed by atoms with van der Waals surface area (Å²) < 4.78 is 3.10. The highest BCUT2D eigenvalue weighted by atomic mass is 32.2. The Bertz CT molecular complexity index is 1060. The average Bonchev–Trinajstić information content (AvgIpc) is 3.33. The van der Waals surface area contributed by atoms with Crippen molar-refractivity contribution in [3.8, 4) is 0 Å². The summed E-state index contributed by atoms with van der Waals surface area (Å²) in [5.74, 6) is 1.72. The van der Waals surface area contributed by atoms with Crippen LogP contribution in [-0.2, 0) is 11.2 Å². The minimum atomic E-state index is -0.160. The highest BCUT2D eigenvalue weighted by Gasteiger charge is 2.20. The van der Waals surface area contributed by atoms with Gasteiger partial charge in [-0.05, 0) is 42.7 Å². The molecule has 0 bridgehead atoms. The van der Waals surface area contributed by atoms with Gasteiger partial charge in [0.25, 0.3) is 0 Å². The summed E-state index contributed by atoms with van der Waals surface area (Å²) in [7, 11) is 0. The van der Waals surface area contributed by atoms with Crippen molar-refractivity contribution in [3.63, 3.8) is 0 Å². The van der Waals surface area contributed by atoms with E-state index in [1.165, 1.54) is 0 Å². The third kappa shape index (κ3) is 4.18. The smallest absolute Gasteiger partial charge is 0.221 e. The van der Waals surface area contributed by atoms with Crippen LogP contribution in [0.3, 0.4) is 0 Å². The standard InChI is InChI=1S/C20H21N5OS2/c1-27-13-11-15(20-24-23-17-8-4-5-12-25(17)20)21-18(26)9-10-19-22-14-6-2-3-7-16(14)28-19/h2-8,12,15H,9-11,13H2,1H3,(H,21,26). The summed E-state index contributed by atoms with van der Waals surface area (Å²) in [5.41, 5.74) is 1.78. The summed E-state index contributed by atoms with van der Waals surface area (Å²) in [6, 6.07) is 13.7. The van der Waals surface area contributed by atoms with Crippen molar-refractivity contribution in [2.24, 2.45) is 0 Å². The van der Waals surface area contributed by atoms with Gasteiger partial charge in [-0.15, -0.1) is 21.5 Å². The molecule has 0 aliphatic heterocycles. The minimum Gasteiger partial charge on any atom is -0.346 e. The lowest BCUT2D eigenvalue weighted by atomic mass is 10.2. The zero-order valence-electron chi connectivity index (χ0n) is 15.5. The number of nitrogens with zero attached hydrogens (tertiary/aromatic N) is 4. The molecule has 1 amide bonds. The van der Waals surface area contributed by atoms with Gasteiger partial charge < -0.3 is 5.32 Å². The maximum absolute atomic E-state index is 12.6. The molecule has 4 rings (SSSR count). The Balaban J connectivity index is 1.44. The monoisotopic (exact) mass is 411 g/mol. The molecule has 3 aromatic heterocycles. The molecule has 0 fully saturated rings. The van der Waals surface area contributed by atoms with Crippen molar-refractivity contribution in [1.82, 2.24) is 24.9 Å². The summed E-state index contributed by atoms with van der Waals surface area (Å²) in [4.78, 5) is 17.3. The molecule has 0 aliphatic rings. The Morgan fingerprint density at radius 3 is 2.93 bits per heavy atom. The normalized spacial score (nSPS) is 12.5. The van der Waals surface area contributed by atoms with E-state index < -0.39 is 0 Å². The molecule has 1 atom stereocenters. The van der Waals surface area contributed by atoms with Gasteiger partial charge in [0, 0.05) is 19.0 Å². The van der Waals surface area contributed by atoms with Gasteiger partial charge in [-0.3, -0.25) is 9.20 Å². The number of carbonyl (C=O) groups is 1. The van der Waals surface area contributed by atoms with Crippen LogP contribution in [0, 0.1) is 0 Å². The van der Waals surface area contributed by atoms with E-state index in [1.54, 1.807) is 23.1 Å². The van der Waals surface area contributed by atoms with Gasteiger partial charge in [-0.1, -0.05) is 18.2 Å². The van der Waals surface area contributed by atoms with Crippen LogP contribution in [0.5, 0.6) is 0 Å². The molecule has 8 heteroatoms. The molecule has 3 heterocycles. The third-order valence-corrected chi connectivity index (χ3v) is 6.24. The molecule has 1 unspecified atom stereocenters. The van der Waals surface area contributed by atoms with Crippen molar-refractivity contribution in [3.05, 3.63) is 59.5 Å². The van der Waals surface area contributed by atoms with E-state index in [9.17, 15) is 4.79 Å². The quantitative estimate of drug-likeness (QED) is 0.476. The number of fused-ring (bicyclic) bond motifs is 2. The molecule has 6 nitrogen and oxygen atoms in total. The van der Waals surface area contributed by atoms with Crippen LogP contribution in [0.15, 0.2) is 48.7 Å². The van der Waals surface area contributed by atoms with Gasteiger partial charge in [-0.2, -0.15) is 11.8 Å². The predicted molar refractivity (Wildman–Crippen MR) is 115 cm³/mol. The van der Waals surface area contributed by atoms with Crippen molar-refractivity contribution in [2.45, 2.75) is 25.3 Å². The number of hydrogen-bond acceptors (Lipinski definition) is 6. The number of amides is 1. The van der Waals surface area contributed by atoms with E-state index in [4.69, 9.17) is 0 Å². The first kappa shape index (κ1) is 18.9. The second kappa shape index (κ2) is 8.70. The molecular formula is C20H21N5OS2. The number of pyridine rings is 1. The molecule has 1 N–H and O–H groups in total. The molecule has 1 aromatic carbocycles. The average molecular weight is 412 g/mol. The van der Waals surface area contributed by atoms with Gasteiger partial charge in [-0.25, -0.2) is 4.98 Å². The molecule has 4 aromatic rings. The van der Waals surface area contributed by atoms with E-state index in [-0.39, 0.29) is 11.9 Å². The number of benzene rings is 1. The molecule has 28 heavy (non-hydrogen) atoms. The van der Waals surface area contributed by atoms with Crippen LogP contribution < -0.4 is 5.32 Å². The van der Waals surface area contributed by atoms with E-state index in [1.807, 2.05) is 47.0 Å². The van der Waals surface area contributed by atoms with Gasteiger partial charge in [0.2, 0.25) is 5.91 Å². The number of hydrogen-bond donors (Lipinski definition) is 1. The minimum absolute atomic E-state index is 0.0121. The topological polar surface area (TPSA) is 72.2 Å². The Morgan fingerprint density at radius 1 is 1.21 bits per heavy atom. The van der Waals surface area contributed by atoms with Gasteiger partial charge in [0.05, 0.1) is 21.3 Å². The lowest BCUT2D eigenvalue weighted by Gasteiger charge is -2.17. The lowest BCUT2D eigenvalue weighted by Crippen LogP contribution is -2.30. The van der Waals surface area contributed by atoms with Crippen molar-refractivity contribution in [1.29, 1.82) is 0 Å². The second-order valence-electron chi connectivity index (χ2n) is 6.46. The van der Waals surface area contributed by atoms with Crippen LogP contribution in [0.2, 0.25) is 0 Å². The van der Waals surface area contributed by atoms with E-state index in [0.717, 1.165) is 38.9 Å². The Kier molecular flexibility index (Phi) is 5.87. The molecule has 144 valence electrons. The first-order valence-corrected chi connectivity index (χ1v) is 11.4. The van der Waals surface area contributed by atoms with Crippen molar-refractivity contribution >= 4 is 44.9 Å². The fraction of sp³-hybridized carbons (Fsp3) is 0.300. The number of nitrogens with one attached hydrogen (secondary N) is 1. The van der Waals surface area contributed by atoms with Gasteiger partial charge in [0.15, 0.2) is 11.5 Å². The summed E-state index contributed by atoms with van der Waals surface area (Å²) >= 11 is 3.41. The van der Waals surface area contributed by atoms with Crippen LogP contribution in [0.25, 0.3) is 15.9 Å². The highest BCUT2D eigenvalue weighted by molar-refractivity contribution is 7.98. The maximum Gasteiger partial charge on any atom is 0.221 e. The number of thioether (sulfide) groups is 1. The number of para-hydroxylation sites is 1. The SMILES string of the molecule is CSCCC(NC(=O)CCc1nc2ccccc2s1)c1nnc2ccccn12. The van der Waals surface area contributed by atoms with Crippen LogP contribution >= 0.6 is 23.1 Å². The summed E-state index contributed by atoms with van der Waals surface area (Å²) in [6.45, 7) is 0. The fourth-order valence-corrected chi connectivity index (χ4v) is 4.55. The Labute approximate surface area is 171 Å². The first-order chi connectivity index (χ1) is 13.7. The number of aryl methyl sites for hydroxylation is 1. The number of aromatic nitrogens is 4. The van der Waals surface area contributed by atoms with Gasteiger partial charge >= 0.3 is 0 Å². The lowest BCUT2D eigenvalue weighted by molar-refractivity contribution is -0.121. The third-order valence-electron chi connectivity index (χ3n) is 4.50. The van der Waals surface area contributed by atoms with E-state index >= 15 is 0 Å². The zero-order valence-corrected chi connectivity index (χ0v) is 17.2. The first-order valence-electron chi connectivity index (χ1n) is 9.17. The number of thiazole rings is 1. The summed E-state index contributed by atoms with van der Waals surface area (Å²) in [6.07, 6.45) is 5.86. The number of rotatable bonds is 8. The zero-order chi connectivity index (χ0) is 19.3. The van der Waals surface area contributed by atoms with Crippen molar-refractivity contribution < 1.29 is 4.79 Å². The van der Waals surface area contributed by atoms with Crippen LogP contribution in [0.4, 0.5) is 0 Å². The second-order valence-corrected chi connectivity index (χ2v) is 8.56. The molecule has 0 spiro atoms. The molecular weight excluding hydrogens is 390 g/mol. The van der Waals surface area contributed by atoms with Crippen LogP contribution in [-0.4, -0.2) is 37.5 Å². The largest absolute Gasteiger partial charge is 0.346 e. The van der Waals surface area contributed by atoms with Gasteiger partial charge in [0.1, 0.15) is 0 Å². The predicted octanol–water partition coefficient (Wildman–Crippen LogP) is 3.88. The molecule has 0 radical (unpaired) electrons. The number of carbonyl (C=O) groups excluding carboxylic acids is 1. The molecule has 0 aliphatic carbocycles. The van der Waals surface area contributed by atoms with Crippen molar-refractivity contribution in [2.75, 3.05) is 12.0 Å². The molecule has 0 saturated carbocycles. The maximum atomic E-state index is 12.6. The Hall–Kier alpha value is -2.45. The molecule has 0 saturated heterocycles. The highest BCUT2D eigenvalue weighted by Crippen LogP contribution is 2.23. The summed E-state index contributed by atoms with van der Waals surface area (Å²) in [5, 5.41) is 12.7.